The fourth-order valence-corrected chi connectivity index (χ4v) is 3.27. The van der Waals surface area contributed by atoms with Crippen LogP contribution in [0, 0.1) is 0 Å². The number of aliphatic hydroxyl groups is 1. The van der Waals surface area contributed by atoms with E-state index in [1.165, 1.54) is 0 Å². The van der Waals surface area contributed by atoms with Crippen LogP contribution in [0.25, 0.3) is 0 Å². The molecule has 1 aromatic carbocycles. The first-order valence-electron chi connectivity index (χ1n) is 8.71. The lowest BCUT2D eigenvalue weighted by molar-refractivity contribution is -0.141. The Balaban J connectivity index is 1.59. The Morgan fingerprint density at radius 3 is 2.73 bits per heavy atom. The molecule has 1 amide bonds. The zero-order valence-electron chi connectivity index (χ0n) is 15.1. The van der Waals surface area contributed by atoms with Crippen LogP contribution in [-0.2, 0) is 4.79 Å². The monoisotopic (exact) mass is 356 g/mol. The van der Waals surface area contributed by atoms with Gasteiger partial charge in [-0.05, 0) is 42.7 Å². The molecule has 7 heteroatoms. The fraction of sp³-hybridized carbons (Fsp3) is 0.421. The van der Waals surface area contributed by atoms with Crippen LogP contribution in [0.4, 0.5) is 5.82 Å². The lowest BCUT2D eigenvalue weighted by Gasteiger charge is -2.37. The third kappa shape index (κ3) is 3.94. The molecule has 1 fully saturated rings. The smallest absolute Gasteiger partial charge is 0.256 e. The van der Waals surface area contributed by atoms with E-state index >= 15 is 0 Å². The number of nitrogens with zero attached hydrogens (tertiary/aromatic N) is 4. The summed E-state index contributed by atoms with van der Waals surface area (Å²) in [5, 5.41) is 18.5. The lowest BCUT2D eigenvalue weighted by Crippen LogP contribution is -2.47. The highest BCUT2D eigenvalue weighted by Gasteiger charge is 2.30. The van der Waals surface area contributed by atoms with Crippen molar-refractivity contribution in [1.82, 2.24) is 15.1 Å². The van der Waals surface area contributed by atoms with Gasteiger partial charge in [0.1, 0.15) is 5.75 Å². The molecule has 0 bridgehead atoms. The number of ether oxygens (including phenoxy) is 1. The van der Waals surface area contributed by atoms with Crippen LogP contribution in [0.2, 0.25) is 0 Å². The highest BCUT2D eigenvalue weighted by Crippen LogP contribution is 2.24. The molecule has 1 atom stereocenters. The third-order valence-electron chi connectivity index (χ3n) is 4.89. The van der Waals surface area contributed by atoms with E-state index < -0.39 is 6.10 Å². The van der Waals surface area contributed by atoms with Gasteiger partial charge in [-0.1, -0.05) is 12.1 Å². The van der Waals surface area contributed by atoms with Crippen LogP contribution < -0.4 is 9.64 Å². The van der Waals surface area contributed by atoms with Crippen molar-refractivity contribution >= 4 is 11.7 Å². The van der Waals surface area contributed by atoms with Crippen LogP contribution in [0.15, 0.2) is 42.6 Å². The second-order valence-electron chi connectivity index (χ2n) is 6.43. The molecule has 1 aliphatic rings. The van der Waals surface area contributed by atoms with Crippen molar-refractivity contribution in [3.05, 3.63) is 48.2 Å². The van der Waals surface area contributed by atoms with E-state index in [0.29, 0.717) is 30.4 Å². The van der Waals surface area contributed by atoms with Gasteiger partial charge in [-0.2, -0.15) is 5.10 Å². The number of amides is 1. The zero-order valence-corrected chi connectivity index (χ0v) is 15.1. The maximum absolute atomic E-state index is 12.6. The predicted octanol–water partition coefficient (Wildman–Crippen LogP) is 1.65. The summed E-state index contributed by atoms with van der Waals surface area (Å²) in [5.41, 5.74) is 0.549. The van der Waals surface area contributed by atoms with Gasteiger partial charge in [-0.15, -0.1) is 5.10 Å². The second kappa shape index (κ2) is 8.14. The number of benzene rings is 1. The summed E-state index contributed by atoms with van der Waals surface area (Å²) in [5.74, 6) is 1.19. The van der Waals surface area contributed by atoms with E-state index in [-0.39, 0.29) is 5.91 Å². The van der Waals surface area contributed by atoms with Gasteiger partial charge in [-0.3, -0.25) is 4.79 Å². The SMILES string of the molecule is COc1cccc(C(O)C(=O)N2CCC(N(C)c3cccnn3)CC2)c1. The third-order valence-corrected chi connectivity index (χ3v) is 4.89. The molecule has 7 nitrogen and oxygen atoms in total. The maximum Gasteiger partial charge on any atom is 0.256 e. The number of anilines is 1. The number of likely N-dealkylation sites (tertiary alicyclic amines) is 1. The van der Waals surface area contributed by atoms with Gasteiger partial charge in [-0.25, -0.2) is 0 Å². The molecule has 1 saturated heterocycles. The van der Waals surface area contributed by atoms with Gasteiger partial charge >= 0.3 is 0 Å². The average Bonchev–Trinajstić information content (AvgIpc) is 2.73. The molecule has 2 heterocycles. The average molecular weight is 356 g/mol. The molecule has 1 N–H and O–H groups in total. The molecular weight excluding hydrogens is 332 g/mol. The first kappa shape index (κ1) is 18.1. The molecule has 1 aliphatic heterocycles. The van der Waals surface area contributed by atoms with Gasteiger partial charge in [0, 0.05) is 32.4 Å². The van der Waals surface area contributed by atoms with Gasteiger partial charge in [0.2, 0.25) is 0 Å². The van der Waals surface area contributed by atoms with Crippen molar-refractivity contribution in [2.75, 3.05) is 32.1 Å². The van der Waals surface area contributed by atoms with Crippen molar-refractivity contribution in [2.45, 2.75) is 25.0 Å². The summed E-state index contributed by atoms with van der Waals surface area (Å²) in [6.07, 6.45) is 2.13. The van der Waals surface area contributed by atoms with Crippen LogP contribution in [0.1, 0.15) is 24.5 Å². The number of methoxy groups -OCH3 is 1. The molecule has 26 heavy (non-hydrogen) atoms. The first-order valence-corrected chi connectivity index (χ1v) is 8.71. The van der Waals surface area contributed by atoms with E-state index in [1.54, 1.807) is 42.5 Å². The summed E-state index contributed by atoms with van der Waals surface area (Å²) in [6, 6.07) is 11.1. The minimum Gasteiger partial charge on any atom is -0.497 e. The number of carbonyl (C=O) groups excluding carboxylic acids is 1. The van der Waals surface area contributed by atoms with E-state index in [9.17, 15) is 9.90 Å². The summed E-state index contributed by atoms with van der Waals surface area (Å²) < 4.78 is 5.16. The lowest BCUT2D eigenvalue weighted by atomic mass is 10.0. The second-order valence-corrected chi connectivity index (χ2v) is 6.43. The Kier molecular flexibility index (Phi) is 5.68. The minimum atomic E-state index is -1.17. The topological polar surface area (TPSA) is 78.8 Å². The fourth-order valence-electron chi connectivity index (χ4n) is 3.27. The molecule has 1 aromatic heterocycles. The highest BCUT2D eigenvalue weighted by molar-refractivity contribution is 5.82. The Labute approximate surface area is 153 Å². The van der Waals surface area contributed by atoms with Crippen molar-refractivity contribution in [3.63, 3.8) is 0 Å². The summed E-state index contributed by atoms with van der Waals surface area (Å²) in [4.78, 5) is 16.5. The van der Waals surface area contributed by atoms with Crippen LogP contribution in [0.5, 0.6) is 5.75 Å². The number of aromatic nitrogens is 2. The van der Waals surface area contributed by atoms with Gasteiger partial charge in [0.25, 0.3) is 5.91 Å². The highest BCUT2D eigenvalue weighted by atomic mass is 16.5. The van der Waals surface area contributed by atoms with E-state index in [4.69, 9.17) is 4.74 Å². The van der Waals surface area contributed by atoms with Crippen molar-refractivity contribution in [1.29, 1.82) is 0 Å². The Hall–Kier alpha value is -2.67. The van der Waals surface area contributed by atoms with Crippen LogP contribution in [0.3, 0.4) is 0 Å². The predicted molar refractivity (Wildman–Crippen MR) is 98.0 cm³/mol. The molecular formula is C19H24N4O3. The van der Waals surface area contributed by atoms with Crippen molar-refractivity contribution in [2.24, 2.45) is 0 Å². The summed E-state index contributed by atoms with van der Waals surface area (Å²) in [7, 11) is 3.56. The molecule has 2 aromatic rings. The van der Waals surface area contributed by atoms with Gasteiger partial charge in [0.05, 0.1) is 7.11 Å². The molecule has 0 saturated carbocycles. The first-order chi connectivity index (χ1) is 12.6. The van der Waals surface area contributed by atoms with Crippen molar-refractivity contribution in [3.8, 4) is 5.75 Å². The zero-order chi connectivity index (χ0) is 18.5. The number of hydrogen-bond donors (Lipinski definition) is 1. The molecule has 138 valence electrons. The molecule has 0 spiro atoms. The number of carbonyl (C=O) groups is 1. The minimum absolute atomic E-state index is 0.265. The van der Waals surface area contributed by atoms with Gasteiger partial charge < -0.3 is 19.6 Å². The quantitative estimate of drug-likeness (QED) is 0.878. The summed E-state index contributed by atoms with van der Waals surface area (Å²) >= 11 is 0. The maximum atomic E-state index is 12.6. The largest absolute Gasteiger partial charge is 0.497 e. The molecule has 0 aliphatic carbocycles. The Bertz CT molecular complexity index is 733. The van der Waals surface area contributed by atoms with Gasteiger partial charge in [0.15, 0.2) is 11.9 Å². The number of rotatable bonds is 5. The number of aliphatic hydroxyl groups excluding tert-OH is 1. The number of hydrogen-bond acceptors (Lipinski definition) is 6. The summed E-state index contributed by atoms with van der Waals surface area (Å²) in [6.45, 7) is 1.21. The normalized spacial score (nSPS) is 16.2. The van der Waals surface area contributed by atoms with Crippen LogP contribution >= 0.6 is 0 Å². The molecule has 3 rings (SSSR count). The van der Waals surface area contributed by atoms with E-state index in [2.05, 4.69) is 15.1 Å². The standard InChI is InChI=1S/C19H24N4O3/c1-22(17-7-4-10-20-21-17)15-8-11-23(12-9-15)19(25)18(24)14-5-3-6-16(13-14)26-2/h3-7,10,13,15,18,24H,8-9,11-12H2,1-2H3. The Morgan fingerprint density at radius 2 is 2.08 bits per heavy atom. The van der Waals surface area contributed by atoms with E-state index in [1.807, 2.05) is 19.2 Å². The Morgan fingerprint density at radius 1 is 1.31 bits per heavy atom. The molecule has 0 radical (unpaired) electrons. The van der Waals surface area contributed by atoms with Crippen LogP contribution in [-0.4, -0.2) is 59.4 Å². The van der Waals surface area contributed by atoms with Crippen molar-refractivity contribution < 1.29 is 14.6 Å². The number of piperidine rings is 1. The van der Waals surface area contributed by atoms with E-state index in [0.717, 1.165) is 18.7 Å². The molecule has 1 unspecified atom stereocenters.